The zero-order chi connectivity index (χ0) is 22.8. The number of hydrogen-bond donors (Lipinski definition) is 0. The molecule has 3 heterocycles. The Kier molecular flexibility index (Phi) is 5.64. The van der Waals surface area contributed by atoms with Crippen molar-refractivity contribution in [2.75, 3.05) is 33.2 Å². The molecule has 0 radical (unpaired) electrons. The summed E-state index contributed by atoms with van der Waals surface area (Å²) in [6.07, 6.45) is 1.74. The van der Waals surface area contributed by atoms with Crippen molar-refractivity contribution in [1.29, 1.82) is 0 Å². The summed E-state index contributed by atoms with van der Waals surface area (Å²) >= 11 is 0. The number of hydrogen-bond acceptors (Lipinski definition) is 4. The normalized spacial score (nSPS) is 14.2. The number of aromatic nitrogens is 3. The molecule has 0 saturated carbocycles. The van der Waals surface area contributed by atoms with Crippen LogP contribution in [0.3, 0.4) is 0 Å². The molecule has 5 rings (SSSR count). The van der Waals surface area contributed by atoms with E-state index in [4.69, 9.17) is 5.10 Å². The van der Waals surface area contributed by atoms with Crippen molar-refractivity contribution in [3.05, 3.63) is 89.2 Å². The van der Waals surface area contributed by atoms with E-state index >= 15 is 0 Å². The van der Waals surface area contributed by atoms with E-state index < -0.39 is 0 Å². The van der Waals surface area contributed by atoms with Gasteiger partial charge < -0.3 is 9.80 Å². The summed E-state index contributed by atoms with van der Waals surface area (Å²) < 4.78 is 1.76. The van der Waals surface area contributed by atoms with Crippen molar-refractivity contribution in [1.82, 2.24) is 24.4 Å². The third kappa shape index (κ3) is 4.50. The van der Waals surface area contributed by atoms with Gasteiger partial charge in [-0.05, 0) is 56.3 Å². The van der Waals surface area contributed by atoms with Crippen LogP contribution in [0.1, 0.15) is 27.2 Å². The number of nitrogens with zero attached hydrogens (tertiary/aromatic N) is 5. The van der Waals surface area contributed by atoms with Crippen molar-refractivity contribution in [2.24, 2.45) is 0 Å². The van der Waals surface area contributed by atoms with E-state index in [9.17, 15) is 4.79 Å². The number of fused-ring (bicyclic) bond motifs is 1. The molecule has 4 aromatic rings. The van der Waals surface area contributed by atoms with Crippen LogP contribution in [0, 0.1) is 18.8 Å². The van der Waals surface area contributed by atoms with Gasteiger partial charge in [-0.3, -0.25) is 4.79 Å². The second kappa shape index (κ2) is 8.89. The van der Waals surface area contributed by atoms with Crippen LogP contribution in [0.5, 0.6) is 0 Å². The van der Waals surface area contributed by atoms with Crippen LogP contribution in [0.4, 0.5) is 0 Å². The number of likely N-dealkylation sites (N-methyl/N-ethyl adjacent to an activating group) is 1. The lowest BCUT2D eigenvalue weighted by Crippen LogP contribution is -2.47. The topological polar surface area (TPSA) is 53.7 Å². The molecule has 0 aliphatic carbocycles. The summed E-state index contributed by atoms with van der Waals surface area (Å²) in [5.41, 5.74) is 6.08. The highest BCUT2D eigenvalue weighted by atomic mass is 16.2. The van der Waals surface area contributed by atoms with Crippen LogP contribution < -0.4 is 0 Å². The lowest BCUT2D eigenvalue weighted by Gasteiger charge is -2.32. The molecule has 0 atom stereocenters. The highest BCUT2D eigenvalue weighted by Crippen LogP contribution is 2.20. The van der Waals surface area contributed by atoms with Crippen molar-refractivity contribution < 1.29 is 4.79 Å². The van der Waals surface area contributed by atoms with Gasteiger partial charge >= 0.3 is 0 Å². The van der Waals surface area contributed by atoms with Gasteiger partial charge in [0.25, 0.3) is 5.91 Å². The maximum absolute atomic E-state index is 12.8. The third-order valence-corrected chi connectivity index (χ3v) is 5.97. The minimum atomic E-state index is 0.0846. The van der Waals surface area contributed by atoms with Crippen LogP contribution >= 0.6 is 0 Å². The number of benzene rings is 2. The van der Waals surface area contributed by atoms with Gasteiger partial charge in [-0.15, -0.1) is 0 Å². The first-order valence-electron chi connectivity index (χ1n) is 11.1. The quantitative estimate of drug-likeness (QED) is 0.453. The summed E-state index contributed by atoms with van der Waals surface area (Å²) in [7, 11) is 2.08. The number of carbonyl (C=O) groups excluding carboxylic acids is 1. The largest absolute Gasteiger partial charge is 0.336 e. The second-order valence-electron chi connectivity index (χ2n) is 8.42. The summed E-state index contributed by atoms with van der Waals surface area (Å²) in [5.74, 6) is 6.45. The van der Waals surface area contributed by atoms with Gasteiger partial charge in [0.15, 0.2) is 5.65 Å². The molecule has 1 aliphatic rings. The fourth-order valence-corrected chi connectivity index (χ4v) is 3.86. The lowest BCUT2D eigenvalue weighted by molar-refractivity contribution is 0.0664. The average molecular weight is 436 g/mol. The number of carbonyl (C=O) groups is 1. The van der Waals surface area contributed by atoms with E-state index in [1.807, 2.05) is 65.6 Å². The lowest BCUT2D eigenvalue weighted by atomic mass is 10.1. The Hall–Kier alpha value is -3.95. The van der Waals surface area contributed by atoms with Gasteiger partial charge in [-0.25, -0.2) is 9.50 Å². The molecule has 6 heteroatoms. The summed E-state index contributed by atoms with van der Waals surface area (Å²) in [6, 6.07) is 19.7. The van der Waals surface area contributed by atoms with Crippen LogP contribution in [-0.2, 0) is 0 Å². The molecule has 164 valence electrons. The van der Waals surface area contributed by atoms with Gasteiger partial charge in [-0.1, -0.05) is 35.7 Å². The van der Waals surface area contributed by atoms with Crippen LogP contribution in [0.2, 0.25) is 0 Å². The summed E-state index contributed by atoms with van der Waals surface area (Å²) in [4.78, 5) is 21.4. The van der Waals surface area contributed by atoms with E-state index in [2.05, 4.69) is 35.7 Å². The number of aryl methyl sites for hydroxylation is 1. The van der Waals surface area contributed by atoms with Gasteiger partial charge in [0.1, 0.15) is 5.69 Å². The maximum Gasteiger partial charge on any atom is 0.253 e. The molecule has 33 heavy (non-hydrogen) atoms. The highest BCUT2D eigenvalue weighted by molar-refractivity contribution is 5.94. The smallest absolute Gasteiger partial charge is 0.253 e. The van der Waals surface area contributed by atoms with Crippen molar-refractivity contribution >= 4 is 11.6 Å². The molecular formula is C27H25N5O. The van der Waals surface area contributed by atoms with E-state index in [1.54, 1.807) is 10.7 Å². The Morgan fingerprint density at radius 1 is 0.879 bits per heavy atom. The molecule has 0 spiro atoms. The molecule has 0 N–H and O–H groups in total. The van der Waals surface area contributed by atoms with Gasteiger partial charge in [0, 0.05) is 42.9 Å². The SMILES string of the molecule is Cc1ccc(C#Cc2cnc3ccc(-c4ccc(C(=O)N5CCN(C)CC5)cc4)nn23)cc1. The Bertz CT molecular complexity index is 1350. The number of rotatable bonds is 2. The molecule has 1 fully saturated rings. The number of piperazine rings is 1. The second-order valence-corrected chi connectivity index (χ2v) is 8.42. The Labute approximate surface area is 193 Å². The molecule has 0 bridgehead atoms. The summed E-state index contributed by atoms with van der Waals surface area (Å²) in [6.45, 7) is 5.41. The standard InChI is InChI=1S/C27H25N5O/c1-20-3-5-21(6-4-20)7-12-24-19-28-26-14-13-25(29-32(24)26)22-8-10-23(11-9-22)27(33)31-17-15-30(2)16-18-31/h3-6,8-11,13-14,19H,15-18H2,1-2H3. The predicted molar refractivity (Wildman–Crippen MR) is 129 cm³/mol. The van der Waals surface area contributed by atoms with Gasteiger partial charge in [0.2, 0.25) is 0 Å². The fourth-order valence-electron chi connectivity index (χ4n) is 3.86. The molecule has 2 aromatic heterocycles. The highest BCUT2D eigenvalue weighted by Gasteiger charge is 2.20. The van der Waals surface area contributed by atoms with E-state index in [1.165, 1.54) is 5.56 Å². The number of amides is 1. The molecule has 0 unspecified atom stereocenters. The Morgan fingerprint density at radius 3 is 2.33 bits per heavy atom. The molecule has 1 aliphatic heterocycles. The van der Waals surface area contributed by atoms with Crippen LogP contribution in [0.15, 0.2) is 66.9 Å². The summed E-state index contributed by atoms with van der Waals surface area (Å²) in [5, 5.41) is 4.76. The van der Waals surface area contributed by atoms with E-state index in [0.29, 0.717) is 5.56 Å². The first-order chi connectivity index (χ1) is 16.1. The first-order valence-corrected chi connectivity index (χ1v) is 11.1. The minimum absolute atomic E-state index is 0.0846. The molecule has 6 nitrogen and oxygen atoms in total. The third-order valence-electron chi connectivity index (χ3n) is 5.97. The van der Waals surface area contributed by atoms with E-state index in [0.717, 1.165) is 54.3 Å². The molecular weight excluding hydrogens is 410 g/mol. The average Bonchev–Trinajstić information content (AvgIpc) is 3.26. The maximum atomic E-state index is 12.8. The molecule has 2 aromatic carbocycles. The Balaban J connectivity index is 1.38. The van der Waals surface area contributed by atoms with Crippen LogP contribution in [-0.4, -0.2) is 63.5 Å². The molecule has 1 saturated heterocycles. The van der Waals surface area contributed by atoms with Crippen molar-refractivity contribution in [2.45, 2.75) is 6.92 Å². The Morgan fingerprint density at radius 2 is 1.61 bits per heavy atom. The monoisotopic (exact) mass is 435 g/mol. The van der Waals surface area contributed by atoms with Crippen molar-refractivity contribution in [3.8, 4) is 23.1 Å². The van der Waals surface area contributed by atoms with E-state index in [-0.39, 0.29) is 5.91 Å². The predicted octanol–water partition coefficient (Wildman–Crippen LogP) is 3.49. The van der Waals surface area contributed by atoms with Gasteiger partial charge in [0.05, 0.1) is 11.9 Å². The zero-order valence-electron chi connectivity index (χ0n) is 18.8. The first kappa shape index (κ1) is 20.9. The molecule has 1 amide bonds. The van der Waals surface area contributed by atoms with Gasteiger partial charge in [-0.2, -0.15) is 5.10 Å². The van der Waals surface area contributed by atoms with Crippen LogP contribution in [0.25, 0.3) is 16.9 Å². The zero-order valence-corrected chi connectivity index (χ0v) is 18.8. The minimum Gasteiger partial charge on any atom is -0.336 e. The number of imidazole rings is 1. The van der Waals surface area contributed by atoms with Crippen molar-refractivity contribution in [3.63, 3.8) is 0 Å². The fraction of sp³-hybridized carbons (Fsp3) is 0.222.